The molecule has 251 valence electrons. The van der Waals surface area contributed by atoms with Crippen molar-refractivity contribution in [3.8, 4) is 56.6 Å². The quantitative estimate of drug-likeness (QED) is 0.132. The molecule has 9 rings (SSSR count). The molecule has 7 aromatic rings. The molecule has 5 aromatic carbocycles. The van der Waals surface area contributed by atoms with Gasteiger partial charge in [-0.2, -0.15) is 0 Å². The second-order valence-corrected chi connectivity index (χ2v) is 13.4. The average Bonchev–Trinajstić information content (AvgIpc) is 3.18. The van der Waals surface area contributed by atoms with Crippen LogP contribution < -0.4 is 25.9 Å². The molecule has 0 fully saturated rings. The van der Waals surface area contributed by atoms with Crippen molar-refractivity contribution in [2.45, 2.75) is 33.0 Å². The Kier molecular flexibility index (Phi) is 8.47. The molecular weight excluding hydrogens is 804 g/mol. The number of fused-ring (bicyclic) bond motifs is 4. The van der Waals surface area contributed by atoms with Crippen LogP contribution in [0.1, 0.15) is 36.0 Å². The van der Waals surface area contributed by atoms with Gasteiger partial charge in [0.25, 0.3) is 0 Å². The van der Waals surface area contributed by atoms with E-state index in [9.17, 15) is 0 Å². The Bertz CT molecular complexity index is 2380. The van der Waals surface area contributed by atoms with Gasteiger partial charge in [0.15, 0.2) is 0 Å². The number of pyridine rings is 2. The van der Waals surface area contributed by atoms with Crippen LogP contribution in [0.4, 0.5) is 0 Å². The molecule has 4 heterocycles. The maximum Gasteiger partial charge on any atom is 0.241 e. The predicted molar refractivity (Wildman–Crippen MR) is 204 cm³/mol. The third-order valence-corrected chi connectivity index (χ3v) is 9.11. The molecule has 4 nitrogen and oxygen atoms in total. The van der Waals surface area contributed by atoms with Crippen LogP contribution in [0.3, 0.4) is 0 Å². The van der Waals surface area contributed by atoms with Crippen LogP contribution in [0.5, 0.6) is 23.0 Å². The summed E-state index contributed by atoms with van der Waals surface area (Å²) in [6.07, 6.45) is 3.71. The number of hydrogen-bond acceptors (Lipinski definition) is 4. The van der Waals surface area contributed by atoms with E-state index in [0.717, 1.165) is 73.0 Å². The molecule has 51 heavy (non-hydrogen) atoms. The third kappa shape index (κ3) is 6.78. The minimum atomic E-state index is -2.08. The van der Waals surface area contributed by atoms with Crippen LogP contribution in [0.25, 0.3) is 33.6 Å². The zero-order chi connectivity index (χ0) is 36.7. The fraction of sp³-hybridized carbons (Fsp3) is 0.111. The molecule has 0 unspecified atom stereocenters. The largest absolute Gasteiger partial charge is 0.503 e. The van der Waals surface area contributed by atoms with Gasteiger partial charge in [-0.1, -0.05) is 106 Å². The Morgan fingerprint density at radius 2 is 1.47 bits per heavy atom. The summed E-state index contributed by atoms with van der Waals surface area (Å²) in [7, 11) is 0. The first-order chi connectivity index (χ1) is 25.5. The van der Waals surface area contributed by atoms with Gasteiger partial charge in [0.05, 0.1) is 0 Å². The zero-order valence-electron chi connectivity index (χ0n) is 31.4. The number of para-hydroxylation sites is 1. The Morgan fingerprint density at radius 1 is 0.686 bits per heavy atom. The van der Waals surface area contributed by atoms with Crippen molar-refractivity contribution >= 4 is 23.1 Å². The van der Waals surface area contributed by atoms with Gasteiger partial charge in [-0.25, -0.2) is 0 Å². The molecule has 0 atom stereocenters. The van der Waals surface area contributed by atoms with Crippen molar-refractivity contribution in [1.29, 1.82) is 0 Å². The van der Waals surface area contributed by atoms with E-state index in [4.69, 9.17) is 18.6 Å². The average molecular weight is 842 g/mol. The zero-order valence-corrected chi connectivity index (χ0v) is 30.8. The number of aryl methyl sites for hydroxylation is 1. The molecule has 0 saturated heterocycles. The van der Waals surface area contributed by atoms with Crippen LogP contribution in [-0.2, 0) is 25.5 Å². The first-order valence-electron chi connectivity index (χ1n) is 18.2. The van der Waals surface area contributed by atoms with E-state index in [0.29, 0.717) is 5.56 Å². The minimum Gasteiger partial charge on any atom is -0.503 e. The van der Waals surface area contributed by atoms with Gasteiger partial charge >= 0.3 is 0 Å². The molecule has 0 bridgehead atoms. The summed E-state index contributed by atoms with van der Waals surface area (Å²) >= 11 is 0. The summed E-state index contributed by atoms with van der Waals surface area (Å²) in [4.78, 5) is 9.13. The van der Waals surface area contributed by atoms with Gasteiger partial charge in [-0.3, -0.25) is 0 Å². The van der Waals surface area contributed by atoms with Crippen molar-refractivity contribution in [2.75, 3.05) is 0 Å². The van der Waals surface area contributed by atoms with Gasteiger partial charge in [-0.15, -0.1) is 59.1 Å². The van der Waals surface area contributed by atoms with E-state index in [2.05, 4.69) is 74.3 Å². The summed E-state index contributed by atoms with van der Waals surface area (Å²) in [5, 5.41) is 0. The SMILES string of the molecule is [2H]C([2H])([2H])c1c[c-]c(-c2ccc(C(C)(C)C)cn2)cc1.[Ir].[c-]1ccc2c(c1-c1cc(-c3ccccc3)ccn1)Oc1cccc3c1B2c1ccccc1O3. The van der Waals surface area contributed by atoms with Crippen LogP contribution in [0, 0.1) is 19.0 Å². The first kappa shape index (κ1) is 30.5. The molecule has 0 spiro atoms. The maximum atomic E-state index is 7.34. The Morgan fingerprint density at radius 3 is 2.22 bits per heavy atom. The molecule has 2 aromatic heterocycles. The van der Waals surface area contributed by atoms with Crippen molar-refractivity contribution in [1.82, 2.24) is 9.97 Å². The van der Waals surface area contributed by atoms with Crippen LogP contribution >= 0.6 is 0 Å². The molecule has 1 radical (unpaired) electrons. The van der Waals surface area contributed by atoms with Crippen molar-refractivity contribution in [2.24, 2.45) is 0 Å². The predicted octanol–water partition coefficient (Wildman–Crippen LogP) is 9.10. The summed E-state index contributed by atoms with van der Waals surface area (Å²) in [5.74, 6) is 3.36. The molecule has 6 heteroatoms. The normalized spacial score (nSPS) is 13.2. The monoisotopic (exact) mass is 842 g/mol. The van der Waals surface area contributed by atoms with Gasteiger partial charge < -0.3 is 19.4 Å². The van der Waals surface area contributed by atoms with Crippen LogP contribution in [0.15, 0.2) is 140 Å². The Balaban J connectivity index is 0.000000186. The number of ether oxygens (including phenoxy) is 2. The Labute approximate surface area is 318 Å². The summed E-state index contributed by atoms with van der Waals surface area (Å²) in [6, 6.07) is 48.1. The van der Waals surface area contributed by atoms with Gasteiger partial charge in [-0.05, 0) is 63.2 Å². The number of benzene rings is 5. The number of hydrogen-bond donors (Lipinski definition) is 0. The van der Waals surface area contributed by atoms with Crippen LogP contribution in [0.2, 0.25) is 0 Å². The van der Waals surface area contributed by atoms with E-state index in [1.807, 2.05) is 85.2 Å². The fourth-order valence-corrected chi connectivity index (χ4v) is 6.49. The van der Waals surface area contributed by atoms with Gasteiger partial charge in [0, 0.05) is 47.8 Å². The second kappa shape index (κ2) is 14.1. The molecule has 2 aliphatic rings. The van der Waals surface area contributed by atoms with Crippen molar-refractivity contribution < 1.29 is 33.7 Å². The van der Waals surface area contributed by atoms with Crippen molar-refractivity contribution in [3.05, 3.63) is 163 Å². The second-order valence-electron chi connectivity index (χ2n) is 13.4. The van der Waals surface area contributed by atoms with Crippen LogP contribution in [-0.4, -0.2) is 16.7 Å². The third-order valence-electron chi connectivity index (χ3n) is 9.11. The van der Waals surface area contributed by atoms with Crippen molar-refractivity contribution in [3.63, 3.8) is 0 Å². The summed E-state index contributed by atoms with van der Waals surface area (Å²) < 4.78 is 34.8. The standard InChI is InChI=1S/C29H17BNO2.C16H18N.Ir/c1-2-8-19(9-3-1)20-16-17-31-24(18-20)21-10-6-12-23-29(21)33-27-15-7-14-26-28(27)30(23)22-11-4-5-13-25(22)32-26;1-12-5-7-13(8-6-12)15-10-9-14(11-17-15)16(2,3)4;/h1-9,11-18H;5-7,9-11H,1-4H3;/q2*-1;/i;1D3;. The van der Waals surface area contributed by atoms with Gasteiger partial charge in [0.2, 0.25) is 6.71 Å². The Hall–Kier alpha value is -5.29. The van der Waals surface area contributed by atoms with E-state index in [1.54, 1.807) is 12.1 Å². The molecule has 0 aliphatic carbocycles. The van der Waals surface area contributed by atoms with E-state index >= 15 is 0 Å². The maximum absolute atomic E-state index is 7.34. The number of aromatic nitrogens is 2. The van der Waals surface area contributed by atoms with E-state index in [1.165, 1.54) is 11.6 Å². The first-order valence-corrected chi connectivity index (χ1v) is 16.7. The van der Waals surface area contributed by atoms with E-state index in [-0.39, 0.29) is 32.2 Å². The van der Waals surface area contributed by atoms with E-state index < -0.39 is 6.85 Å². The number of nitrogens with zero attached hydrogens (tertiary/aromatic N) is 2. The minimum absolute atomic E-state index is 0. The molecule has 2 aliphatic heterocycles. The molecule has 0 N–H and O–H groups in total. The fourth-order valence-electron chi connectivity index (χ4n) is 6.49. The number of rotatable bonds is 3. The summed E-state index contributed by atoms with van der Waals surface area (Å²) in [5.41, 5.74) is 10.4. The molecule has 0 amide bonds. The summed E-state index contributed by atoms with van der Waals surface area (Å²) in [6.45, 7) is 4.37. The molecular formula is C45H35BIrN2O2-2. The topological polar surface area (TPSA) is 44.2 Å². The molecule has 0 saturated carbocycles. The smallest absolute Gasteiger partial charge is 0.241 e. The van der Waals surface area contributed by atoms with Gasteiger partial charge in [0.1, 0.15) is 17.2 Å².